The first kappa shape index (κ1) is 13.5. The van der Waals surface area contributed by atoms with Crippen molar-refractivity contribution in [1.29, 1.82) is 0 Å². The first-order chi connectivity index (χ1) is 7.20. The Morgan fingerprint density at radius 1 is 1.13 bits per heavy atom. The molecule has 1 aliphatic heterocycles. The van der Waals surface area contributed by atoms with E-state index < -0.39 is 0 Å². The third kappa shape index (κ3) is 4.86. The van der Waals surface area contributed by atoms with Gasteiger partial charge in [-0.05, 0) is 50.7 Å². The average Bonchev–Trinajstić information content (AvgIpc) is 2.27. The van der Waals surface area contributed by atoms with Gasteiger partial charge in [0.1, 0.15) is 0 Å². The summed E-state index contributed by atoms with van der Waals surface area (Å²) in [7, 11) is 0. The Morgan fingerprint density at radius 2 is 1.80 bits per heavy atom. The van der Waals surface area contributed by atoms with Crippen LogP contribution in [0.25, 0.3) is 0 Å². The second-order valence-electron chi connectivity index (χ2n) is 5.26. The standard InChI is InChI=1S/C13H26BrN/c1-3-13(2)7-11-15(12-8-13)10-6-4-5-9-14/h3-12H2,1-2H3. The molecule has 0 atom stereocenters. The number of unbranched alkanes of at least 4 members (excludes halogenated alkanes) is 2. The summed E-state index contributed by atoms with van der Waals surface area (Å²) < 4.78 is 0. The van der Waals surface area contributed by atoms with Gasteiger partial charge in [0, 0.05) is 5.33 Å². The van der Waals surface area contributed by atoms with Gasteiger partial charge in [-0.2, -0.15) is 0 Å². The Bertz CT molecular complexity index is 162. The molecule has 1 nitrogen and oxygen atoms in total. The molecule has 0 unspecified atom stereocenters. The number of hydrogen-bond acceptors (Lipinski definition) is 1. The summed E-state index contributed by atoms with van der Waals surface area (Å²) in [5, 5.41) is 1.17. The Hall–Kier alpha value is 0.440. The minimum atomic E-state index is 0.645. The van der Waals surface area contributed by atoms with Gasteiger partial charge >= 0.3 is 0 Å². The smallest absolute Gasteiger partial charge is 0.00313 e. The molecule has 1 rings (SSSR count). The molecule has 0 saturated carbocycles. The lowest BCUT2D eigenvalue weighted by atomic mass is 9.78. The second kappa shape index (κ2) is 6.90. The Labute approximate surface area is 104 Å². The molecule has 2 heteroatoms. The fourth-order valence-corrected chi connectivity index (χ4v) is 2.67. The highest BCUT2D eigenvalue weighted by Crippen LogP contribution is 2.33. The van der Waals surface area contributed by atoms with Gasteiger partial charge in [0.2, 0.25) is 0 Å². The van der Waals surface area contributed by atoms with Crippen LogP contribution in [0, 0.1) is 5.41 Å². The van der Waals surface area contributed by atoms with Crippen LogP contribution in [0.5, 0.6) is 0 Å². The van der Waals surface area contributed by atoms with Crippen molar-refractivity contribution < 1.29 is 0 Å². The first-order valence-electron chi connectivity index (χ1n) is 6.48. The number of likely N-dealkylation sites (tertiary alicyclic amines) is 1. The molecule has 0 aliphatic carbocycles. The van der Waals surface area contributed by atoms with Crippen molar-refractivity contribution in [2.75, 3.05) is 25.0 Å². The van der Waals surface area contributed by atoms with Crippen molar-refractivity contribution in [2.45, 2.75) is 52.4 Å². The molecule has 1 heterocycles. The molecule has 1 saturated heterocycles. The van der Waals surface area contributed by atoms with Gasteiger partial charge in [0.15, 0.2) is 0 Å². The molecule has 0 spiro atoms. The Balaban J connectivity index is 2.09. The number of nitrogens with zero attached hydrogens (tertiary/aromatic N) is 1. The minimum Gasteiger partial charge on any atom is -0.303 e. The molecule has 90 valence electrons. The lowest BCUT2D eigenvalue weighted by Gasteiger charge is -2.39. The fraction of sp³-hybridized carbons (Fsp3) is 1.00. The summed E-state index contributed by atoms with van der Waals surface area (Å²) in [6, 6.07) is 0. The molecule has 0 aromatic rings. The van der Waals surface area contributed by atoms with Crippen LogP contribution in [-0.2, 0) is 0 Å². The van der Waals surface area contributed by atoms with E-state index in [4.69, 9.17) is 0 Å². The topological polar surface area (TPSA) is 3.24 Å². The fourth-order valence-electron chi connectivity index (χ4n) is 2.28. The molecule has 0 bridgehead atoms. The lowest BCUT2D eigenvalue weighted by molar-refractivity contribution is 0.113. The van der Waals surface area contributed by atoms with E-state index in [0.717, 1.165) is 0 Å². The van der Waals surface area contributed by atoms with Gasteiger partial charge in [-0.25, -0.2) is 0 Å². The SMILES string of the molecule is CCC1(C)CCN(CCCCCBr)CC1. The third-order valence-electron chi connectivity index (χ3n) is 4.02. The van der Waals surface area contributed by atoms with Crippen LogP contribution in [0.4, 0.5) is 0 Å². The molecular formula is C13H26BrN. The predicted octanol–water partition coefficient (Wildman–Crippen LogP) is 4.06. The lowest BCUT2D eigenvalue weighted by Crippen LogP contribution is -2.38. The van der Waals surface area contributed by atoms with Gasteiger partial charge < -0.3 is 4.90 Å². The normalized spacial score (nSPS) is 21.8. The largest absolute Gasteiger partial charge is 0.303 e. The zero-order valence-corrected chi connectivity index (χ0v) is 12.0. The van der Waals surface area contributed by atoms with E-state index in [1.54, 1.807) is 0 Å². The number of piperidine rings is 1. The van der Waals surface area contributed by atoms with E-state index in [2.05, 4.69) is 34.7 Å². The van der Waals surface area contributed by atoms with E-state index in [-0.39, 0.29) is 0 Å². The Kier molecular flexibility index (Phi) is 6.21. The van der Waals surface area contributed by atoms with Crippen LogP contribution < -0.4 is 0 Å². The quantitative estimate of drug-likeness (QED) is 0.522. The highest BCUT2D eigenvalue weighted by molar-refractivity contribution is 9.09. The molecule has 1 aliphatic rings. The molecule has 0 amide bonds. The van der Waals surface area contributed by atoms with Crippen LogP contribution in [0.1, 0.15) is 52.4 Å². The van der Waals surface area contributed by atoms with Crippen molar-refractivity contribution in [3.05, 3.63) is 0 Å². The van der Waals surface area contributed by atoms with Gasteiger partial charge in [0.25, 0.3) is 0 Å². The van der Waals surface area contributed by atoms with Gasteiger partial charge in [-0.15, -0.1) is 0 Å². The van der Waals surface area contributed by atoms with Crippen molar-refractivity contribution in [3.8, 4) is 0 Å². The first-order valence-corrected chi connectivity index (χ1v) is 7.61. The average molecular weight is 276 g/mol. The maximum absolute atomic E-state index is 3.49. The molecular weight excluding hydrogens is 250 g/mol. The van der Waals surface area contributed by atoms with E-state index in [9.17, 15) is 0 Å². The second-order valence-corrected chi connectivity index (χ2v) is 6.05. The molecule has 15 heavy (non-hydrogen) atoms. The summed E-state index contributed by atoms with van der Waals surface area (Å²) in [6.07, 6.45) is 8.26. The summed E-state index contributed by atoms with van der Waals surface area (Å²) in [6.45, 7) is 8.78. The van der Waals surface area contributed by atoms with E-state index in [0.29, 0.717) is 5.41 Å². The monoisotopic (exact) mass is 275 g/mol. The number of alkyl halides is 1. The van der Waals surface area contributed by atoms with Crippen LogP contribution in [-0.4, -0.2) is 29.9 Å². The molecule has 0 radical (unpaired) electrons. The van der Waals surface area contributed by atoms with Crippen molar-refractivity contribution in [2.24, 2.45) is 5.41 Å². The van der Waals surface area contributed by atoms with E-state index >= 15 is 0 Å². The molecule has 0 aromatic heterocycles. The maximum atomic E-state index is 3.49. The van der Waals surface area contributed by atoms with Crippen LogP contribution in [0.15, 0.2) is 0 Å². The molecule has 1 fully saturated rings. The highest BCUT2D eigenvalue weighted by atomic mass is 79.9. The Morgan fingerprint density at radius 3 is 2.33 bits per heavy atom. The van der Waals surface area contributed by atoms with Crippen molar-refractivity contribution in [1.82, 2.24) is 4.90 Å². The number of halogens is 1. The van der Waals surface area contributed by atoms with Gasteiger partial charge in [0.05, 0.1) is 0 Å². The van der Waals surface area contributed by atoms with Crippen LogP contribution in [0.2, 0.25) is 0 Å². The predicted molar refractivity (Wildman–Crippen MR) is 71.7 cm³/mol. The van der Waals surface area contributed by atoms with Crippen molar-refractivity contribution >= 4 is 15.9 Å². The zero-order chi connectivity index (χ0) is 11.1. The minimum absolute atomic E-state index is 0.645. The number of rotatable bonds is 6. The summed E-state index contributed by atoms with van der Waals surface area (Å²) in [5.74, 6) is 0. The van der Waals surface area contributed by atoms with E-state index in [1.165, 1.54) is 63.5 Å². The van der Waals surface area contributed by atoms with Crippen LogP contribution in [0.3, 0.4) is 0 Å². The molecule has 0 aromatic carbocycles. The summed E-state index contributed by atoms with van der Waals surface area (Å²) in [5.41, 5.74) is 0.645. The summed E-state index contributed by atoms with van der Waals surface area (Å²) in [4.78, 5) is 2.66. The summed E-state index contributed by atoms with van der Waals surface area (Å²) >= 11 is 3.49. The number of hydrogen-bond donors (Lipinski definition) is 0. The van der Waals surface area contributed by atoms with Crippen molar-refractivity contribution in [3.63, 3.8) is 0 Å². The third-order valence-corrected chi connectivity index (χ3v) is 4.59. The maximum Gasteiger partial charge on any atom is 0.00313 e. The highest BCUT2D eigenvalue weighted by Gasteiger charge is 2.27. The van der Waals surface area contributed by atoms with E-state index in [1.807, 2.05) is 0 Å². The van der Waals surface area contributed by atoms with Gasteiger partial charge in [-0.1, -0.05) is 42.6 Å². The van der Waals surface area contributed by atoms with Gasteiger partial charge in [-0.3, -0.25) is 0 Å². The van der Waals surface area contributed by atoms with Crippen LogP contribution >= 0.6 is 15.9 Å². The zero-order valence-electron chi connectivity index (χ0n) is 10.4. The molecule has 0 N–H and O–H groups in total.